The Labute approximate surface area is 544 Å². The Balaban J connectivity index is 1.14. The van der Waals surface area contributed by atoms with E-state index in [-0.39, 0.29) is 17.7 Å². The Kier molecular flexibility index (Phi) is 14.2. The van der Waals surface area contributed by atoms with Crippen LogP contribution in [0.5, 0.6) is 138 Å². The minimum absolute atomic E-state index is 0.184. The van der Waals surface area contributed by atoms with Gasteiger partial charge in [0.2, 0.25) is 40.2 Å². The van der Waals surface area contributed by atoms with Crippen molar-refractivity contribution in [2.24, 2.45) is 0 Å². The molecule has 0 radical (unpaired) electrons. The number of carboxylic acids is 1. The minimum Gasteiger partial charge on any atom is -0.507 e. The normalized spacial score (nSPS) is 19.7. The van der Waals surface area contributed by atoms with Crippen LogP contribution in [0.15, 0.2) is 48.5 Å². The summed E-state index contributed by atoms with van der Waals surface area (Å²) in [5.74, 6) is -50.5. The molecule has 5 aliphatic heterocycles. The number of hydrogen-bond donors (Lipinski definition) is 23. The molecule has 36 nitrogen and oxygen atoms in total. The van der Waals surface area contributed by atoms with Gasteiger partial charge in [-0.15, -0.1) is 0 Å². The molecule has 0 saturated carbocycles. The van der Waals surface area contributed by atoms with Crippen molar-refractivity contribution in [2.45, 2.75) is 49.0 Å². The largest absolute Gasteiger partial charge is 0.507 e. The highest BCUT2D eigenvalue weighted by Gasteiger charge is 2.58. The Morgan fingerprint density at radius 1 is 0.394 bits per heavy atom. The number of carbonyl (C=O) groups excluding carboxylic acids is 5. The molecule has 8 aromatic carbocycles. The number of fused-ring (bicyclic) bond motifs is 14. The van der Waals surface area contributed by atoms with Gasteiger partial charge in [-0.2, -0.15) is 0 Å². The number of aromatic carboxylic acids is 1. The number of aliphatic hydroxyl groups excluding tert-OH is 1. The highest BCUT2D eigenvalue weighted by atomic mass is 16.6. The van der Waals surface area contributed by atoms with Gasteiger partial charge in [0.25, 0.3) is 0 Å². The first-order chi connectivity index (χ1) is 46.7. The van der Waals surface area contributed by atoms with Crippen LogP contribution < -0.4 is 9.47 Å². The zero-order valence-electron chi connectivity index (χ0n) is 48.7. The second kappa shape index (κ2) is 22.0. The number of aromatic hydroxyl groups is 21. The highest BCUT2D eigenvalue weighted by molar-refractivity contribution is 6.17. The zero-order chi connectivity index (χ0) is 71.6. The van der Waals surface area contributed by atoms with Gasteiger partial charge < -0.3 is 151 Å². The van der Waals surface area contributed by atoms with Gasteiger partial charge in [-0.3, -0.25) is 0 Å². The first-order valence-electron chi connectivity index (χ1n) is 28.1. The zero-order valence-corrected chi connectivity index (χ0v) is 48.7. The summed E-state index contributed by atoms with van der Waals surface area (Å²) in [4.78, 5) is 90.1. The maximum atomic E-state index is 16.0. The van der Waals surface area contributed by atoms with Crippen LogP contribution in [0.4, 0.5) is 0 Å². The molecule has 5 aliphatic rings. The van der Waals surface area contributed by atoms with Gasteiger partial charge in [-0.25, -0.2) is 28.8 Å². The average molecular weight is 1370 g/mol. The summed E-state index contributed by atoms with van der Waals surface area (Å²) >= 11 is 0. The molecule has 0 amide bonds. The van der Waals surface area contributed by atoms with Crippen LogP contribution >= 0.6 is 0 Å². The van der Waals surface area contributed by atoms with E-state index in [1.54, 1.807) is 0 Å². The second-order valence-electron chi connectivity index (χ2n) is 22.6. The molecule has 510 valence electrons. The lowest BCUT2D eigenvalue weighted by Crippen LogP contribution is -2.56. The van der Waals surface area contributed by atoms with Crippen molar-refractivity contribution in [3.05, 3.63) is 104 Å². The number of carbonyl (C=O) groups is 6. The molecule has 23 N–H and O–H groups in total. The summed E-state index contributed by atoms with van der Waals surface area (Å²) in [6.45, 7) is -1.80. The van der Waals surface area contributed by atoms with Gasteiger partial charge in [-0.1, -0.05) is 6.07 Å². The smallest absolute Gasteiger partial charge is 0.340 e. The summed E-state index contributed by atoms with van der Waals surface area (Å²) < 4.78 is 41.6. The molecule has 99 heavy (non-hydrogen) atoms. The lowest BCUT2D eigenvalue weighted by Gasteiger charge is -2.43. The number of carboxylic acid groups (broad SMARTS) is 1. The van der Waals surface area contributed by atoms with Crippen LogP contribution in [0, 0.1) is 0 Å². The molecule has 5 heterocycles. The average Bonchev–Trinajstić information content (AvgIpc) is 1.32. The second-order valence-corrected chi connectivity index (χ2v) is 22.6. The first kappa shape index (κ1) is 63.7. The molecule has 7 atom stereocenters. The Morgan fingerprint density at radius 2 is 0.889 bits per heavy atom. The van der Waals surface area contributed by atoms with Gasteiger partial charge in [-0.05, 0) is 29.8 Å². The number of ether oxygens (including phenoxy) is 7. The van der Waals surface area contributed by atoms with E-state index in [1.165, 1.54) is 0 Å². The van der Waals surface area contributed by atoms with Gasteiger partial charge >= 0.3 is 35.8 Å². The van der Waals surface area contributed by atoms with E-state index in [4.69, 9.17) is 33.2 Å². The van der Waals surface area contributed by atoms with Crippen LogP contribution in [-0.4, -0.2) is 190 Å². The fourth-order valence-corrected chi connectivity index (χ4v) is 12.6. The molecule has 36 heteroatoms. The number of hydrogen-bond acceptors (Lipinski definition) is 35. The molecule has 0 fully saturated rings. The fraction of sp³-hybridized carbons (Fsp3) is 0.143. The van der Waals surface area contributed by atoms with Crippen molar-refractivity contribution in [1.82, 2.24) is 0 Å². The van der Waals surface area contributed by atoms with Crippen LogP contribution in [0.2, 0.25) is 0 Å². The van der Waals surface area contributed by atoms with E-state index >= 15 is 24.0 Å². The molecular formula is C63H42O36. The van der Waals surface area contributed by atoms with Crippen molar-refractivity contribution in [1.29, 1.82) is 0 Å². The summed E-state index contributed by atoms with van der Waals surface area (Å²) in [5, 5.41) is 262. The quantitative estimate of drug-likeness (QED) is 0.0653. The third-order valence-corrected chi connectivity index (χ3v) is 17.1. The molecule has 0 aromatic heterocycles. The molecule has 0 saturated heterocycles. The van der Waals surface area contributed by atoms with Crippen LogP contribution in [0.3, 0.4) is 0 Å². The van der Waals surface area contributed by atoms with Crippen LogP contribution in [-0.2, 0) is 30.1 Å². The predicted molar refractivity (Wildman–Crippen MR) is 313 cm³/mol. The first-order valence-corrected chi connectivity index (χ1v) is 28.1. The number of phenols is 21. The maximum absolute atomic E-state index is 16.0. The molecular weight excluding hydrogens is 1330 g/mol. The van der Waals surface area contributed by atoms with E-state index in [1.807, 2.05) is 0 Å². The van der Waals surface area contributed by atoms with E-state index in [9.17, 15) is 122 Å². The van der Waals surface area contributed by atoms with E-state index < -0.39 is 313 Å². The van der Waals surface area contributed by atoms with Gasteiger partial charge in [0.15, 0.2) is 105 Å². The number of esters is 5. The SMILES string of the molecule is O=C(O)c1cc(O)c(O)c(O)c1Oc1cc2c(c(O)c1O)-c1c(cc(O)c(O)c1O)C(=O)O[C@@H]1C3OC(=O)c4c(c(O)c(O)c(O)c4-c4c(O)c(O)c(O)c5c4C(=O)O[C@@H]3[C@H]5c3c(O)cc(O)c4c3O[C@H](c3ccc(O)c(O)c3)[C@@H](O)C4)-c3c(cc(O)c(O)c3O)C(=O)O[C@H]1COC2=O. The minimum atomic E-state index is -3.13. The third-order valence-electron chi connectivity index (χ3n) is 17.1. The van der Waals surface area contributed by atoms with Gasteiger partial charge in [0, 0.05) is 74.7 Å². The summed E-state index contributed by atoms with van der Waals surface area (Å²) in [5.41, 5.74) is -20.0. The lowest BCUT2D eigenvalue weighted by atomic mass is 9.73. The van der Waals surface area contributed by atoms with Gasteiger partial charge in [0.1, 0.15) is 35.5 Å². The number of phenolic OH excluding ortho intramolecular Hbond substituents is 21. The Morgan fingerprint density at radius 3 is 1.49 bits per heavy atom. The van der Waals surface area contributed by atoms with Crippen LogP contribution in [0.1, 0.15) is 96.4 Å². The van der Waals surface area contributed by atoms with Crippen molar-refractivity contribution < 1.29 is 179 Å². The third kappa shape index (κ3) is 9.17. The number of benzene rings is 8. The van der Waals surface area contributed by atoms with E-state index in [0.717, 1.165) is 18.2 Å². The molecule has 0 aliphatic carbocycles. The molecule has 13 rings (SSSR count). The molecule has 8 aromatic rings. The molecule has 4 bridgehead atoms. The topological polar surface area (TPSA) is 632 Å². The number of aliphatic hydroxyl groups is 1. The lowest BCUT2D eigenvalue weighted by molar-refractivity contribution is -0.135. The van der Waals surface area contributed by atoms with Crippen molar-refractivity contribution >= 4 is 35.8 Å². The summed E-state index contributed by atoms with van der Waals surface area (Å²) in [7, 11) is 0. The Bertz CT molecular complexity index is 5070. The van der Waals surface area contributed by atoms with Crippen molar-refractivity contribution in [3.63, 3.8) is 0 Å². The fourth-order valence-electron chi connectivity index (χ4n) is 12.6. The van der Waals surface area contributed by atoms with Crippen LogP contribution in [0.25, 0.3) is 33.4 Å². The standard InChI is InChI=1S/C63H42O36/c64-17-2-1-11(3-19(17)66)52-24(71)4-12-18(65)9-20(67)30(53(12)96-52)35-34-37-33(47(81)50(84)48(34)82)32-36-31(45(79)49(83)46(32)80)29-14(6-22(69)39(73)43(29)77)60(89)95-26-10-93-59(88)15-8-25(94-54-16(58(86)87)7-23(70)40(74)51(54)85)41(75)44(78)28(15)27-13(5-21(68)38(72)42(27)76)61(90)97-55(26)57(99-63(36)92)56(35)98-62(37)91/h1-3,5-9,24,26,35,52,55-57,64-85H,4,10H2,(H,86,87)/t24-,26-,35-,52+,55-,56+,57?/m0/s1. The number of cyclic esters (lactones) is 1. The monoisotopic (exact) mass is 1370 g/mol. The number of rotatable bonds is 5. The summed E-state index contributed by atoms with van der Waals surface area (Å²) in [6, 6.07) is 4.54. The van der Waals surface area contributed by atoms with E-state index in [0.29, 0.717) is 18.2 Å². The van der Waals surface area contributed by atoms with Crippen molar-refractivity contribution in [3.8, 4) is 171 Å². The van der Waals surface area contributed by atoms with Gasteiger partial charge in [0.05, 0.1) is 39.8 Å². The van der Waals surface area contributed by atoms with E-state index in [2.05, 4.69) is 0 Å². The highest BCUT2D eigenvalue weighted by Crippen LogP contribution is 2.65. The predicted octanol–water partition coefficient (Wildman–Crippen LogP) is 4.18. The van der Waals surface area contributed by atoms with Crippen molar-refractivity contribution in [2.75, 3.05) is 6.61 Å². The Hall–Kier alpha value is -14.1. The molecule has 1 unspecified atom stereocenters. The maximum Gasteiger partial charge on any atom is 0.340 e. The molecule has 0 spiro atoms. The summed E-state index contributed by atoms with van der Waals surface area (Å²) in [6.07, 6.45) is -16.4.